The third kappa shape index (κ3) is 3.29. The summed E-state index contributed by atoms with van der Waals surface area (Å²) < 4.78 is 13.1. The first kappa shape index (κ1) is 18.2. The van der Waals surface area contributed by atoms with Gasteiger partial charge in [0, 0.05) is 31.9 Å². The van der Waals surface area contributed by atoms with Crippen molar-refractivity contribution in [2.45, 2.75) is 38.1 Å². The van der Waals surface area contributed by atoms with Crippen LogP contribution in [0, 0.1) is 11.7 Å². The third-order valence-corrected chi connectivity index (χ3v) is 6.41. The lowest BCUT2D eigenvalue weighted by atomic mass is 9.73. The average Bonchev–Trinajstić information content (AvgIpc) is 2.91. The van der Waals surface area contributed by atoms with Gasteiger partial charge in [0.15, 0.2) is 0 Å². The van der Waals surface area contributed by atoms with Gasteiger partial charge in [-0.15, -0.1) is 0 Å². The number of nitrogens with one attached hydrogen (secondary N) is 1. The molecule has 146 valence electrons. The van der Waals surface area contributed by atoms with Crippen LogP contribution in [0.3, 0.4) is 0 Å². The van der Waals surface area contributed by atoms with Crippen molar-refractivity contribution in [3.05, 3.63) is 30.1 Å². The number of amides is 3. The van der Waals surface area contributed by atoms with Crippen molar-refractivity contribution in [1.82, 2.24) is 15.1 Å². The first-order valence-corrected chi connectivity index (χ1v) is 9.86. The number of halogens is 1. The number of carbonyl (C=O) groups is 2. The van der Waals surface area contributed by atoms with Gasteiger partial charge in [-0.2, -0.15) is 0 Å². The maximum absolute atomic E-state index is 13.1. The molecule has 2 saturated heterocycles. The van der Waals surface area contributed by atoms with E-state index >= 15 is 0 Å². The van der Waals surface area contributed by atoms with Crippen LogP contribution >= 0.6 is 0 Å². The van der Waals surface area contributed by atoms with Crippen LogP contribution in [-0.4, -0.2) is 60.1 Å². The fraction of sp³-hybridized carbons (Fsp3) is 0.600. The van der Waals surface area contributed by atoms with E-state index in [0.717, 1.165) is 57.5 Å². The monoisotopic (exact) mass is 374 g/mol. The molecule has 2 atom stereocenters. The number of benzene rings is 1. The summed E-state index contributed by atoms with van der Waals surface area (Å²) in [7, 11) is 0. The van der Waals surface area contributed by atoms with Gasteiger partial charge < -0.3 is 10.2 Å². The van der Waals surface area contributed by atoms with E-state index in [1.165, 1.54) is 17.0 Å². The molecule has 3 amide bonds. The van der Waals surface area contributed by atoms with Crippen LogP contribution in [0.15, 0.2) is 24.3 Å². The number of piperazine rings is 1. The number of anilines is 1. The molecule has 4 rings (SSSR count). The van der Waals surface area contributed by atoms with E-state index in [9.17, 15) is 14.0 Å². The van der Waals surface area contributed by atoms with Gasteiger partial charge >= 0.3 is 6.03 Å². The highest BCUT2D eigenvalue weighted by atomic mass is 19.1. The molecule has 3 aliphatic rings. The molecule has 1 aromatic carbocycles. The van der Waals surface area contributed by atoms with Gasteiger partial charge in [0.05, 0.1) is 6.67 Å². The van der Waals surface area contributed by atoms with Gasteiger partial charge in [-0.25, -0.2) is 14.1 Å². The molecule has 1 N–H and O–H groups in total. The molecule has 2 aliphatic heterocycles. The summed E-state index contributed by atoms with van der Waals surface area (Å²) in [5, 5.41) is 3.01. The molecule has 0 unspecified atom stereocenters. The zero-order chi connectivity index (χ0) is 19.0. The van der Waals surface area contributed by atoms with Crippen LogP contribution in [0.25, 0.3) is 0 Å². The Hall–Kier alpha value is -2.15. The molecule has 1 aromatic rings. The molecule has 1 saturated carbocycles. The maximum Gasteiger partial charge on any atom is 0.326 e. The predicted octanol–water partition coefficient (Wildman–Crippen LogP) is 2.41. The second-order valence-corrected chi connectivity index (χ2v) is 8.00. The van der Waals surface area contributed by atoms with Gasteiger partial charge in [-0.05, 0) is 43.0 Å². The second-order valence-electron chi connectivity index (χ2n) is 8.00. The smallest absolute Gasteiger partial charge is 0.326 e. The van der Waals surface area contributed by atoms with E-state index in [-0.39, 0.29) is 23.7 Å². The molecular formula is C20H27FN4O2. The number of hydrogen-bond donors (Lipinski definition) is 1. The Morgan fingerprint density at radius 3 is 2.48 bits per heavy atom. The number of rotatable bonds is 3. The minimum atomic E-state index is -0.689. The quantitative estimate of drug-likeness (QED) is 0.826. The third-order valence-electron chi connectivity index (χ3n) is 6.41. The molecular weight excluding hydrogens is 347 g/mol. The standard InChI is InChI=1S/C20H27FN4O2/c1-15-4-2-3-9-20(15)18(26)25(19(27)22-20)14-23-10-12-24(13-11-23)17-7-5-16(21)6-8-17/h5-8,15H,2-4,9-14H2,1H3,(H,22,27)/t15-,20+/m1/s1. The van der Waals surface area contributed by atoms with Crippen LogP contribution in [0.1, 0.15) is 32.6 Å². The Morgan fingerprint density at radius 2 is 1.81 bits per heavy atom. The summed E-state index contributed by atoms with van der Waals surface area (Å²) in [5.41, 5.74) is 0.312. The lowest BCUT2D eigenvalue weighted by molar-refractivity contribution is -0.135. The summed E-state index contributed by atoms with van der Waals surface area (Å²) >= 11 is 0. The van der Waals surface area contributed by atoms with E-state index < -0.39 is 5.54 Å². The lowest BCUT2D eigenvalue weighted by Crippen LogP contribution is -2.55. The molecule has 1 spiro atoms. The highest BCUT2D eigenvalue weighted by Gasteiger charge is 2.55. The molecule has 0 aromatic heterocycles. The Balaban J connectivity index is 1.37. The number of urea groups is 1. The van der Waals surface area contributed by atoms with Gasteiger partial charge in [0.25, 0.3) is 5.91 Å². The molecule has 1 aliphatic carbocycles. The Kier molecular flexibility index (Phi) is 4.80. The topological polar surface area (TPSA) is 55.9 Å². The van der Waals surface area contributed by atoms with Crippen LogP contribution < -0.4 is 10.2 Å². The van der Waals surface area contributed by atoms with Crippen molar-refractivity contribution in [2.24, 2.45) is 5.92 Å². The largest absolute Gasteiger partial charge is 0.369 e. The molecule has 0 bridgehead atoms. The molecule has 0 radical (unpaired) electrons. The van der Waals surface area contributed by atoms with Gasteiger partial charge in [-0.3, -0.25) is 9.69 Å². The fourth-order valence-corrected chi connectivity index (χ4v) is 4.62. The summed E-state index contributed by atoms with van der Waals surface area (Å²) in [6, 6.07) is 6.27. The molecule has 7 heteroatoms. The molecule has 3 fully saturated rings. The van der Waals surface area contributed by atoms with Crippen LogP contribution in [0.2, 0.25) is 0 Å². The van der Waals surface area contributed by atoms with Crippen molar-refractivity contribution < 1.29 is 14.0 Å². The molecule has 27 heavy (non-hydrogen) atoms. The van der Waals surface area contributed by atoms with Gasteiger partial charge in [0.2, 0.25) is 0 Å². The van der Waals surface area contributed by atoms with E-state index in [1.807, 2.05) is 0 Å². The highest BCUT2D eigenvalue weighted by Crippen LogP contribution is 2.38. The minimum absolute atomic E-state index is 0.0549. The van der Waals surface area contributed by atoms with E-state index in [0.29, 0.717) is 6.67 Å². The minimum Gasteiger partial charge on any atom is -0.369 e. The van der Waals surface area contributed by atoms with E-state index in [2.05, 4.69) is 22.0 Å². The first-order chi connectivity index (χ1) is 13.0. The average molecular weight is 374 g/mol. The second kappa shape index (κ2) is 7.11. The summed E-state index contributed by atoms with van der Waals surface area (Å²) in [4.78, 5) is 31.3. The Morgan fingerprint density at radius 1 is 1.11 bits per heavy atom. The van der Waals surface area contributed by atoms with Crippen LogP contribution in [0.5, 0.6) is 0 Å². The molecule has 6 nitrogen and oxygen atoms in total. The summed E-state index contributed by atoms with van der Waals surface area (Å²) in [5.74, 6) is -0.106. The van der Waals surface area contributed by atoms with Crippen molar-refractivity contribution in [3.8, 4) is 0 Å². The number of imide groups is 1. The van der Waals surface area contributed by atoms with E-state index in [1.54, 1.807) is 12.1 Å². The summed E-state index contributed by atoms with van der Waals surface area (Å²) in [6.07, 6.45) is 3.84. The number of hydrogen-bond acceptors (Lipinski definition) is 4. The zero-order valence-corrected chi connectivity index (χ0v) is 15.8. The Labute approximate surface area is 159 Å². The van der Waals surface area contributed by atoms with Crippen molar-refractivity contribution in [2.75, 3.05) is 37.7 Å². The first-order valence-electron chi connectivity index (χ1n) is 9.86. The maximum atomic E-state index is 13.1. The normalized spacial score (nSPS) is 29.5. The van der Waals surface area contributed by atoms with Gasteiger partial charge in [-0.1, -0.05) is 19.8 Å². The van der Waals surface area contributed by atoms with Gasteiger partial charge in [0.1, 0.15) is 11.4 Å². The zero-order valence-electron chi connectivity index (χ0n) is 15.8. The molecule has 2 heterocycles. The number of nitrogens with zero attached hydrogens (tertiary/aromatic N) is 3. The van der Waals surface area contributed by atoms with Crippen molar-refractivity contribution in [3.63, 3.8) is 0 Å². The fourth-order valence-electron chi connectivity index (χ4n) is 4.62. The lowest BCUT2D eigenvalue weighted by Gasteiger charge is -2.38. The number of carbonyl (C=O) groups excluding carboxylic acids is 2. The predicted molar refractivity (Wildman–Crippen MR) is 101 cm³/mol. The van der Waals surface area contributed by atoms with E-state index in [4.69, 9.17) is 0 Å². The SMILES string of the molecule is C[C@@H]1CCCC[C@]12NC(=O)N(CN1CCN(c3ccc(F)cc3)CC1)C2=O. The van der Waals surface area contributed by atoms with Crippen molar-refractivity contribution >= 4 is 17.6 Å². The van der Waals surface area contributed by atoms with Crippen LogP contribution in [0.4, 0.5) is 14.9 Å². The highest BCUT2D eigenvalue weighted by molar-refractivity contribution is 6.07. The van der Waals surface area contributed by atoms with Crippen molar-refractivity contribution in [1.29, 1.82) is 0 Å². The summed E-state index contributed by atoms with van der Waals surface area (Å²) in [6.45, 7) is 5.51. The Bertz CT molecular complexity index is 717. The van der Waals surface area contributed by atoms with Crippen LogP contribution in [-0.2, 0) is 4.79 Å².